The van der Waals surface area contributed by atoms with Crippen LogP contribution in [-0.4, -0.2) is 74.4 Å². The van der Waals surface area contributed by atoms with Crippen LogP contribution in [0.5, 0.6) is 0 Å². The van der Waals surface area contributed by atoms with Gasteiger partial charge >= 0.3 is 5.97 Å². The Bertz CT molecular complexity index is 1900. The van der Waals surface area contributed by atoms with E-state index in [1.165, 1.54) is 0 Å². The number of H-pyrrole nitrogens is 2. The van der Waals surface area contributed by atoms with E-state index in [4.69, 9.17) is 9.97 Å². The fourth-order valence-electron chi connectivity index (χ4n) is 6.74. The summed E-state index contributed by atoms with van der Waals surface area (Å²) in [5, 5.41) is 23.6. The number of aryl methyl sites for hydroxylation is 2. The summed E-state index contributed by atoms with van der Waals surface area (Å²) in [5.41, 5.74) is 13.4. The molecule has 8 bridgehead atoms. The lowest BCUT2D eigenvalue weighted by atomic mass is 9.87. The first-order valence-corrected chi connectivity index (χ1v) is 16.4. The number of allylic oxidation sites excluding steroid dienone is 2. The van der Waals surface area contributed by atoms with Gasteiger partial charge in [0.05, 0.1) is 11.4 Å². The molecule has 5 rings (SSSR count). The molecule has 3 aromatic rings. The van der Waals surface area contributed by atoms with E-state index in [0.717, 1.165) is 84.8 Å². The average Bonchev–Trinajstić information content (AvgIpc) is 3.67. The van der Waals surface area contributed by atoms with Crippen LogP contribution in [0, 0.1) is 13.8 Å². The lowest BCUT2D eigenvalue weighted by Crippen LogP contribution is -2.34. The van der Waals surface area contributed by atoms with Crippen LogP contribution in [0.15, 0.2) is 37.4 Å². The van der Waals surface area contributed by atoms with Crippen molar-refractivity contribution < 1.29 is 15.0 Å². The molecule has 0 saturated heterocycles. The Kier molecular flexibility index (Phi) is 10.3. The maximum atomic E-state index is 11.7. The van der Waals surface area contributed by atoms with Gasteiger partial charge < -0.3 is 25.1 Å². The fourth-order valence-corrected chi connectivity index (χ4v) is 6.74. The third-order valence-corrected chi connectivity index (χ3v) is 9.66. The van der Waals surface area contributed by atoms with Gasteiger partial charge in [-0.05, 0) is 101 Å². The highest BCUT2D eigenvalue weighted by atomic mass is 16.4. The standard InChI is InChI=1S/C38H48N6O3/c1-9-25-21(3)29-17-30-24(6)28(12-14-38(46)47)36(42-30)20-35-27(11-13-37(45)39-15-16-44(7)8)23(5)32(43-35)19-34-26(10-2)22(4)31(41-34)18-33(25)40-29/h9-10,17-20,24,28,37,39-41,45H,1-2,11-16H2,3-8H3,(H,46,47). The van der Waals surface area contributed by atoms with Crippen LogP contribution in [0.1, 0.15) is 96.4 Å². The molecule has 9 heteroatoms. The number of nitrogens with one attached hydrogen (secondary N) is 3. The van der Waals surface area contributed by atoms with Crippen molar-refractivity contribution in [1.82, 2.24) is 30.2 Å². The summed E-state index contributed by atoms with van der Waals surface area (Å²) in [5.74, 6) is -0.892. The number of aromatic nitrogens is 4. The van der Waals surface area contributed by atoms with Crippen molar-refractivity contribution in [3.8, 4) is 0 Å². The molecule has 47 heavy (non-hydrogen) atoms. The van der Waals surface area contributed by atoms with Crippen molar-refractivity contribution in [2.24, 2.45) is 0 Å². The molecule has 0 radical (unpaired) electrons. The number of rotatable bonds is 12. The van der Waals surface area contributed by atoms with Crippen molar-refractivity contribution in [1.29, 1.82) is 0 Å². The topological polar surface area (TPSA) is 130 Å². The number of carboxylic acid groups (broad SMARTS) is 1. The molecule has 5 N–H and O–H groups in total. The van der Waals surface area contributed by atoms with Crippen molar-refractivity contribution in [2.75, 3.05) is 27.2 Å². The summed E-state index contributed by atoms with van der Waals surface area (Å²) >= 11 is 0. The number of likely N-dealkylation sites (N-methyl/N-ethyl adjacent to an activating group) is 1. The van der Waals surface area contributed by atoms with Gasteiger partial charge in [0.15, 0.2) is 0 Å². The quantitative estimate of drug-likeness (QED) is 0.134. The SMILES string of the molecule is C=Cc1c(C)c2cc3[nH]c(cc4nc(cc5nc(cc1[nH]2)C(C)=C5CCC(O)NCCN(C)C)C(CCC(=O)O)C4C)c(C)c3C=C. The number of aliphatic carboxylic acids is 1. The Morgan fingerprint density at radius 2 is 1.60 bits per heavy atom. The lowest BCUT2D eigenvalue weighted by molar-refractivity contribution is -0.137. The number of hydrogen-bond acceptors (Lipinski definition) is 6. The number of hydrogen-bond donors (Lipinski definition) is 5. The van der Waals surface area contributed by atoms with E-state index in [0.29, 0.717) is 25.8 Å². The molecule has 248 valence electrons. The molecular weight excluding hydrogens is 588 g/mol. The highest BCUT2D eigenvalue weighted by molar-refractivity contribution is 5.93. The van der Waals surface area contributed by atoms with Crippen LogP contribution >= 0.6 is 0 Å². The molecule has 2 aliphatic rings. The van der Waals surface area contributed by atoms with E-state index in [-0.39, 0.29) is 18.3 Å². The molecule has 9 nitrogen and oxygen atoms in total. The van der Waals surface area contributed by atoms with Gasteiger partial charge in [0.25, 0.3) is 0 Å². The Morgan fingerprint density at radius 1 is 0.957 bits per heavy atom. The largest absolute Gasteiger partial charge is 0.481 e. The van der Waals surface area contributed by atoms with Crippen molar-refractivity contribution in [3.63, 3.8) is 0 Å². The number of aliphatic hydroxyl groups is 1. The summed E-state index contributed by atoms with van der Waals surface area (Å²) in [4.78, 5) is 31.3. The molecule has 2 aliphatic heterocycles. The minimum Gasteiger partial charge on any atom is -0.481 e. The molecule has 0 fully saturated rings. The van der Waals surface area contributed by atoms with Gasteiger partial charge in [-0.15, -0.1) is 0 Å². The van der Waals surface area contributed by atoms with Crippen LogP contribution in [0.3, 0.4) is 0 Å². The van der Waals surface area contributed by atoms with Crippen LogP contribution in [0.25, 0.3) is 45.4 Å². The van der Waals surface area contributed by atoms with Crippen molar-refractivity contribution in [3.05, 3.63) is 82.5 Å². The molecule has 0 saturated carbocycles. The summed E-state index contributed by atoms with van der Waals surface area (Å²) < 4.78 is 0. The molecule has 0 amide bonds. The van der Waals surface area contributed by atoms with Gasteiger partial charge in [0.1, 0.15) is 6.23 Å². The first-order valence-electron chi connectivity index (χ1n) is 16.4. The Hall–Kier alpha value is -4.31. The number of aliphatic hydroxyl groups excluding tert-OH is 1. The second-order valence-electron chi connectivity index (χ2n) is 13.1. The van der Waals surface area contributed by atoms with Crippen LogP contribution in [-0.2, 0) is 4.79 Å². The molecule has 3 unspecified atom stereocenters. The second kappa shape index (κ2) is 14.2. The summed E-state index contributed by atoms with van der Waals surface area (Å²) in [6, 6.07) is 8.31. The smallest absolute Gasteiger partial charge is 0.303 e. The Balaban J connectivity index is 1.76. The zero-order chi connectivity index (χ0) is 34.0. The van der Waals surface area contributed by atoms with E-state index in [2.05, 4.69) is 79.2 Å². The van der Waals surface area contributed by atoms with Gasteiger partial charge in [-0.2, -0.15) is 0 Å². The molecule has 5 heterocycles. The number of aromatic amines is 2. The van der Waals surface area contributed by atoms with E-state index >= 15 is 0 Å². The van der Waals surface area contributed by atoms with Gasteiger partial charge in [0.2, 0.25) is 0 Å². The zero-order valence-corrected chi connectivity index (χ0v) is 28.5. The Morgan fingerprint density at radius 3 is 2.21 bits per heavy atom. The van der Waals surface area contributed by atoms with E-state index in [9.17, 15) is 15.0 Å². The van der Waals surface area contributed by atoms with Crippen LogP contribution in [0.2, 0.25) is 0 Å². The van der Waals surface area contributed by atoms with Gasteiger partial charge in [-0.25, -0.2) is 4.98 Å². The molecular formula is C38H48N6O3. The maximum absolute atomic E-state index is 11.7. The number of fused-ring (bicyclic) bond motifs is 8. The first-order chi connectivity index (χ1) is 22.4. The summed E-state index contributed by atoms with van der Waals surface area (Å²) in [7, 11) is 4.02. The third-order valence-electron chi connectivity index (χ3n) is 9.66. The number of nitrogens with zero attached hydrogens (tertiary/aromatic N) is 3. The monoisotopic (exact) mass is 636 g/mol. The molecule has 0 spiro atoms. The van der Waals surface area contributed by atoms with Crippen molar-refractivity contribution >= 4 is 51.3 Å². The average molecular weight is 637 g/mol. The Labute approximate surface area is 277 Å². The molecule has 0 aliphatic carbocycles. The molecule has 3 atom stereocenters. The lowest BCUT2D eigenvalue weighted by Gasteiger charge is -2.16. The number of carboxylic acids is 1. The van der Waals surface area contributed by atoms with Crippen molar-refractivity contribution in [2.45, 2.75) is 71.4 Å². The van der Waals surface area contributed by atoms with E-state index in [1.807, 2.05) is 32.3 Å². The maximum Gasteiger partial charge on any atom is 0.303 e. The zero-order valence-electron chi connectivity index (χ0n) is 28.5. The minimum absolute atomic E-state index is 0.00907. The predicted molar refractivity (Wildman–Crippen MR) is 193 cm³/mol. The second-order valence-corrected chi connectivity index (χ2v) is 13.1. The van der Waals surface area contributed by atoms with Crippen LogP contribution in [0.4, 0.5) is 0 Å². The van der Waals surface area contributed by atoms with E-state index in [1.54, 1.807) is 0 Å². The highest BCUT2D eigenvalue weighted by Gasteiger charge is 2.30. The first kappa shape index (κ1) is 34.0. The molecule has 0 aromatic carbocycles. The predicted octanol–water partition coefficient (Wildman–Crippen LogP) is 7.15. The van der Waals surface area contributed by atoms with Gasteiger partial charge in [0, 0.05) is 75.9 Å². The number of carbonyl (C=O) groups is 1. The summed E-state index contributed by atoms with van der Waals surface area (Å²) in [6.07, 6.45) is 4.76. The van der Waals surface area contributed by atoms with E-state index < -0.39 is 12.2 Å². The fraction of sp³-hybridized carbons (Fsp3) is 0.395. The normalized spacial score (nSPS) is 16.9. The van der Waals surface area contributed by atoms with Gasteiger partial charge in [-0.3, -0.25) is 15.1 Å². The highest BCUT2D eigenvalue weighted by Crippen LogP contribution is 2.41. The van der Waals surface area contributed by atoms with Gasteiger partial charge in [-0.1, -0.05) is 32.2 Å². The molecule has 3 aromatic heterocycles. The summed E-state index contributed by atoms with van der Waals surface area (Å²) in [6.45, 7) is 18.1. The third kappa shape index (κ3) is 7.17. The minimum atomic E-state index is -0.822. The van der Waals surface area contributed by atoms with Crippen LogP contribution < -0.4 is 5.32 Å².